The molecule has 2 atom stereocenters. The number of alkyl halides is 3. The molecule has 3 rings (SSSR count). The first-order valence-electron chi connectivity index (χ1n) is 8.21. The number of hydrogen-bond acceptors (Lipinski definition) is 3. The fourth-order valence-corrected chi connectivity index (χ4v) is 2.69. The molecular formula is C19H17F3N2O3. The van der Waals surface area contributed by atoms with E-state index in [0.29, 0.717) is 17.9 Å². The van der Waals surface area contributed by atoms with Gasteiger partial charge in [0.2, 0.25) is 11.8 Å². The van der Waals surface area contributed by atoms with E-state index in [9.17, 15) is 22.8 Å². The fraction of sp³-hybridized carbons (Fsp3) is 0.263. The molecule has 0 radical (unpaired) electrons. The number of carbonyl (C=O) groups excluding carboxylic acids is 2. The van der Waals surface area contributed by atoms with Crippen LogP contribution >= 0.6 is 0 Å². The van der Waals surface area contributed by atoms with Gasteiger partial charge in [-0.3, -0.25) is 9.59 Å². The fourth-order valence-electron chi connectivity index (χ4n) is 2.69. The molecule has 0 spiro atoms. The van der Waals surface area contributed by atoms with Crippen molar-refractivity contribution in [3.05, 3.63) is 54.1 Å². The van der Waals surface area contributed by atoms with E-state index >= 15 is 0 Å². The van der Waals surface area contributed by atoms with Crippen LogP contribution in [0, 0.1) is 11.8 Å². The monoisotopic (exact) mass is 378 g/mol. The number of nitrogens with one attached hydrogen (secondary N) is 2. The quantitative estimate of drug-likeness (QED) is 0.829. The van der Waals surface area contributed by atoms with Gasteiger partial charge in [-0.05, 0) is 48.9 Å². The molecule has 142 valence electrons. The third kappa shape index (κ3) is 4.58. The maximum Gasteiger partial charge on any atom is 0.416 e. The zero-order valence-corrected chi connectivity index (χ0v) is 14.3. The van der Waals surface area contributed by atoms with Crippen molar-refractivity contribution >= 4 is 23.2 Å². The zero-order chi connectivity index (χ0) is 19.6. The van der Waals surface area contributed by atoms with Gasteiger partial charge in [0.05, 0.1) is 24.5 Å². The molecule has 2 unspecified atom stereocenters. The first-order valence-corrected chi connectivity index (χ1v) is 8.21. The smallest absolute Gasteiger partial charge is 0.416 e. The van der Waals surface area contributed by atoms with Crippen LogP contribution in [0.15, 0.2) is 48.5 Å². The van der Waals surface area contributed by atoms with Crippen molar-refractivity contribution in [2.24, 2.45) is 11.8 Å². The van der Waals surface area contributed by atoms with Crippen LogP contribution < -0.4 is 15.4 Å². The second-order valence-corrected chi connectivity index (χ2v) is 6.23. The van der Waals surface area contributed by atoms with E-state index in [1.807, 2.05) is 0 Å². The van der Waals surface area contributed by atoms with E-state index in [4.69, 9.17) is 4.74 Å². The Hall–Kier alpha value is -3.03. The lowest BCUT2D eigenvalue weighted by atomic mass is 10.2. The predicted molar refractivity (Wildman–Crippen MR) is 93.3 cm³/mol. The summed E-state index contributed by atoms with van der Waals surface area (Å²) in [4.78, 5) is 24.4. The average Bonchev–Trinajstić information content (AvgIpc) is 3.43. The number of carbonyl (C=O) groups is 2. The lowest BCUT2D eigenvalue weighted by molar-refractivity contribution is -0.137. The highest BCUT2D eigenvalue weighted by Crippen LogP contribution is 2.40. The summed E-state index contributed by atoms with van der Waals surface area (Å²) in [7, 11) is 1.53. The van der Waals surface area contributed by atoms with Gasteiger partial charge in [0.1, 0.15) is 5.75 Å². The Balaban J connectivity index is 1.56. The summed E-state index contributed by atoms with van der Waals surface area (Å²) in [6.07, 6.45) is -4.13. The summed E-state index contributed by atoms with van der Waals surface area (Å²) in [5, 5.41) is 5.15. The molecule has 8 heteroatoms. The van der Waals surface area contributed by atoms with Crippen molar-refractivity contribution < 1.29 is 27.5 Å². The van der Waals surface area contributed by atoms with Crippen molar-refractivity contribution in [3.63, 3.8) is 0 Å². The molecule has 0 heterocycles. The highest BCUT2D eigenvalue weighted by molar-refractivity contribution is 6.03. The zero-order valence-electron chi connectivity index (χ0n) is 14.3. The molecule has 2 aromatic rings. The van der Waals surface area contributed by atoms with E-state index in [0.717, 1.165) is 12.1 Å². The molecular weight excluding hydrogens is 361 g/mol. The number of hydrogen-bond donors (Lipinski definition) is 2. The lowest BCUT2D eigenvalue weighted by Gasteiger charge is -2.10. The molecule has 1 aliphatic carbocycles. The summed E-state index contributed by atoms with van der Waals surface area (Å²) in [5.74, 6) is -1.18. The first kappa shape index (κ1) is 18.8. The number of halogens is 3. The van der Waals surface area contributed by atoms with Gasteiger partial charge in [-0.1, -0.05) is 6.07 Å². The maximum absolute atomic E-state index is 12.7. The Kier molecular flexibility index (Phi) is 5.07. The molecule has 2 N–H and O–H groups in total. The summed E-state index contributed by atoms with van der Waals surface area (Å²) in [6.45, 7) is 0. The molecule has 2 amide bonds. The number of anilines is 2. The standard InChI is InChI=1S/C19H17F3N2O3/c1-27-14-7-5-12(6-8-14)23-17(25)15-10-16(15)18(26)24-13-4-2-3-11(9-13)19(20,21)22/h2-9,15-16H,10H2,1H3,(H,23,25)(H,24,26). The van der Waals surface area contributed by atoms with Crippen LogP contribution in [0.5, 0.6) is 5.75 Å². The highest BCUT2D eigenvalue weighted by Gasteiger charge is 2.48. The van der Waals surface area contributed by atoms with Gasteiger partial charge in [-0.25, -0.2) is 0 Å². The Morgan fingerprint density at radius 2 is 1.56 bits per heavy atom. The van der Waals surface area contributed by atoms with Gasteiger partial charge < -0.3 is 15.4 Å². The Labute approximate surface area is 153 Å². The molecule has 0 bridgehead atoms. The average molecular weight is 378 g/mol. The SMILES string of the molecule is COc1ccc(NC(=O)C2CC2C(=O)Nc2cccc(C(F)(F)F)c2)cc1. The Morgan fingerprint density at radius 3 is 2.11 bits per heavy atom. The third-order valence-corrected chi connectivity index (χ3v) is 4.28. The summed E-state index contributed by atoms with van der Waals surface area (Å²) >= 11 is 0. The summed E-state index contributed by atoms with van der Waals surface area (Å²) in [6, 6.07) is 11.1. The number of methoxy groups -OCH3 is 1. The molecule has 0 saturated heterocycles. The molecule has 1 aliphatic rings. The number of ether oxygens (including phenoxy) is 1. The minimum atomic E-state index is -4.49. The van der Waals surface area contributed by atoms with Crippen LogP contribution in [-0.4, -0.2) is 18.9 Å². The summed E-state index contributed by atoms with van der Waals surface area (Å²) < 4.78 is 43.2. The highest BCUT2D eigenvalue weighted by atomic mass is 19.4. The second kappa shape index (κ2) is 7.30. The maximum atomic E-state index is 12.7. The topological polar surface area (TPSA) is 67.4 Å². The molecule has 5 nitrogen and oxygen atoms in total. The number of amides is 2. The third-order valence-electron chi connectivity index (χ3n) is 4.28. The minimum absolute atomic E-state index is 0.0519. The van der Waals surface area contributed by atoms with Crippen LogP contribution in [-0.2, 0) is 15.8 Å². The van der Waals surface area contributed by atoms with Crippen molar-refractivity contribution in [2.75, 3.05) is 17.7 Å². The molecule has 1 fully saturated rings. The second-order valence-electron chi connectivity index (χ2n) is 6.23. The Morgan fingerprint density at radius 1 is 0.963 bits per heavy atom. The van der Waals surface area contributed by atoms with Crippen LogP contribution in [0.3, 0.4) is 0 Å². The van der Waals surface area contributed by atoms with Crippen LogP contribution in [0.4, 0.5) is 24.5 Å². The number of benzene rings is 2. The Bertz CT molecular complexity index is 850. The molecule has 0 aromatic heterocycles. The van der Waals surface area contributed by atoms with Crippen LogP contribution in [0.25, 0.3) is 0 Å². The lowest BCUT2D eigenvalue weighted by Crippen LogP contribution is -2.20. The van der Waals surface area contributed by atoms with Gasteiger partial charge in [0.15, 0.2) is 0 Å². The van der Waals surface area contributed by atoms with Crippen molar-refractivity contribution in [1.29, 1.82) is 0 Å². The summed E-state index contributed by atoms with van der Waals surface area (Å²) in [5.41, 5.74) is -0.217. The van der Waals surface area contributed by atoms with E-state index < -0.39 is 29.5 Å². The van der Waals surface area contributed by atoms with Gasteiger partial charge in [0.25, 0.3) is 0 Å². The van der Waals surface area contributed by atoms with Crippen LogP contribution in [0.2, 0.25) is 0 Å². The van der Waals surface area contributed by atoms with Gasteiger partial charge in [0, 0.05) is 11.4 Å². The van der Waals surface area contributed by atoms with Crippen molar-refractivity contribution in [2.45, 2.75) is 12.6 Å². The van der Waals surface area contributed by atoms with Gasteiger partial charge in [-0.15, -0.1) is 0 Å². The van der Waals surface area contributed by atoms with Crippen LogP contribution in [0.1, 0.15) is 12.0 Å². The molecule has 1 saturated carbocycles. The van der Waals surface area contributed by atoms with E-state index in [2.05, 4.69) is 10.6 Å². The van der Waals surface area contributed by atoms with E-state index in [-0.39, 0.29) is 11.6 Å². The minimum Gasteiger partial charge on any atom is -0.497 e. The number of rotatable bonds is 5. The predicted octanol–water partition coefficient (Wildman–Crippen LogP) is 3.93. The van der Waals surface area contributed by atoms with Crippen molar-refractivity contribution in [1.82, 2.24) is 0 Å². The van der Waals surface area contributed by atoms with Gasteiger partial charge >= 0.3 is 6.18 Å². The van der Waals surface area contributed by atoms with Crippen molar-refractivity contribution in [3.8, 4) is 5.75 Å². The molecule has 0 aliphatic heterocycles. The first-order chi connectivity index (χ1) is 12.8. The molecule has 27 heavy (non-hydrogen) atoms. The van der Waals surface area contributed by atoms with E-state index in [1.54, 1.807) is 24.3 Å². The largest absolute Gasteiger partial charge is 0.497 e. The van der Waals surface area contributed by atoms with E-state index in [1.165, 1.54) is 19.2 Å². The molecule has 2 aromatic carbocycles. The normalized spacial score (nSPS) is 18.5. The van der Waals surface area contributed by atoms with Gasteiger partial charge in [-0.2, -0.15) is 13.2 Å².